The van der Waals surface area contributed by atoms with E-state index in [0.29, 0.717) is 0 Å². The molecule has 0 saturated carbocycles. The van der Waals surface area contributed by atoms with Crippen molar-refractivity contribution in [1.82, 2.24) is 5.32 Å². The second-order valence-corrected chi connectivity index (χ2v) is 3.27. The second-order valence-electron chi connectivity index (χ2n) is 3.27. The van der Waals surface area contributed by atoms with Crippen LogP contribution in [0.3, 0.4) is 0 Å². The van der Waals surface area contributed by atoms with E-state index in [4.69, 9.17) is 0 Å². The van der Waals surface area contributed by atoms with Gasteiger partial charge in [0.25, 0.3) is 0 Å². The molecule has 1 N–H and O–H groups in total. The molecule has 1 aliphatic heterocycles. The molecule has 1 aliphatic rings. The van der Waals surface area contributed by atoms with Crippen LogP contribution in [0.25, 0.3) is 5.57 Å². The van der Waals surface area contributed by atoms with Gasteiger partial charge in [-0.25, -0.2) is 0 Å². The number of allylic oxidation sites excluding steroid dienone is 2. The van der Waals surface area contributed by atoms with Crippen molar-refractivity contribution in [2.75, 3.05) is 6.54 Å². The fourth-order valence-corrected chi connectivity index (χ4v) is 1.41. The highest BCUT2D eigenvalue weighted by molar-refractivity contribution is 6.32. The lowest BCUT2D eigenvalue weighted by molar-refractivity contribution is 0.976. The Morgan fingerprint density at radius 1 is 1.15 bits per heavy atom. The molecule has 1 aromatic carbocycles. The van der Waals surface area contributed by atoms with E-state index < -0.39 is 0 Å². The number of benzene rings is 1. The summed E-state index contributed by atoms with van der Waals surface area (Å²) in [5, 5.41) is 3.14. The van der Waals surface area contributed by atoms with Gasteiger partial charge in [-0.05, 0) is 23.4 Å². The van der Waals surface area contributed by atoms with Gasteiger partial charge < -0.3 is 5.32 Å². The minimum atomic E-state index is 0.930. The van der Waals surface area contributed by atoms with Crippen LogP contribution in [0, 0.1) is 0 Å². The molecule has 0 atom stereocenters. The topological polar surface area (TPSA) is 12.0 Å². The van der Waals surface area contributed by atoms with Crippen LogP contribution in [-0.2, 0) is 0 Å². The van der Waals surface area contributed by atoms with Gasteiger partial charge in [-0.15, -0.1) is 0 Å². The lowest BCUT2D eigenvalue weighted by Gasteiger charge is -2.08. The molecule has 2 heteroatoms. The number of nitrogens with one attached hydrogen (secondary N) is 1. The molecule has 0 saturated heterocycles. The Morgan fingerprint density at radius 3 is 2.54 bits per heavy atom. The van der Waals surface area contributed by atoms with Crippen molar-refractivity contribution in [2.24, 2.45) is 0 Å². The molecule has 0 bridgehead atoms. The molecule has 0 fully saturated rings. The molecule has 2 rings (SSSR count). The van der Waals surface area contributed by atoms with Gasteiger partial charge in [-0.1, -0.05) is 35.8 Å². The maximum absolute atomic E-state index is 3.14. The van der Waals surface area contributed by atoms with Crippen LogP contribution < -0.4 is 10.8 Å². The van der Waals surface area contributed by atoms with Gasteiger partial charge in [-0.2, -0.15) is 0 Å². The van der Waals surface area contributed by atoms with Gasteiger partial charge in [0.05, 0.1) is 0 Å². The van der Waals surface area contributed by atoms with Crippen LogP contribution in [0.2, 0.25) is 0 Å². The lowest BCUT2D eigenvalue weighted by Crippen LogP contribution is -2.08. The van der Waals surface area contributed by atoms with Crippen molar-refractivity contribution in [3.8, 4) is 0 Å². The first-order valence-corrected chi connectivity index (χ1v) is 4.53. The summed E-state index contributed by atoms with van der Waals surface area (Å²) >= 11 is 0. The van der Waals surface area contributed by atoms with E-state index in [-0.39, 0.29) is 0 Å². The molecule has 0 spiro atoms. The van der Waals surface area contributed by atoms with Crippen molar-refractivity contribution in [3.05, 3.63) is 48.2 Å². The van der Waals surface area contributed by atoms with Gasteiger partial charge in [-0.3, -0.25) is 0 Å². The smallest absolute Gasteiger partial charge is 0.139 e. The monoisotopic (exact) mass is 169 g/mol. The average molecular weight is 169 g/mol. The second kappa shape index (κ2) is 3.52. The number of rotatable bonds is 1. The van der Waals surface area contributed by atoms with E-state index in [9.17, 15) is 0 Å². The quantitative estimate of drug-likeness (QED) is 0.601. The lowest BCUT2D eigenvalue weighted by atomic mass is 9.93. The molecular formula is C11H12BN. The summed E-state index contributed by atoms with van der Waals surface area (Å²) in [7, 11) is 2.11. The van der Waals surface area contributed by atoms with E-state index >= 15 is 0 Å². The van der Waals surface area contributed by atoms with E-state index in [0.717, 1.165) is 6.54 Å². The van der Waals surface area contributed by atoms with Crippen molar-refractivity contribution in [1.29, 1.82) is 0 Å². The molecule has 13 heavy (non-hydrogen) atoms. The maximum Gasteiger partial charge on any atom is 0.139 e. The Hall–Kier alpha value is -1.44. The number of hydrogen-bond donors (Lipinski definition) is 1. The molecule has 64 valence electrons. The Labute approximate surface area is 79.6 Å². The molecule has 1 aromatic rings. The fourth-order valence-electron chi connectivity index (χ4n) is 1.41. The summed E-state index contributed by atoms with van der Waals surface area (Å²) in [6, 6.07) is 8.62. The fraction of sp³-hybridized carbons (Fsp3) is 0.0909. The van der Waals surface area contributed by atoms with Gasteiger partial charge >= 0.3 is 0 Å². The number of hydrogen-bond acceptors (Lipinski definition) is 1. The third-order valence-corrected chi connectivity index (χ3v) is 2.21. The average Bonchev–Trinajstić information content (AvgIpc) is 2.20. The number of dihydropyridines is 1. The SMILES string of the molecule is Bc1ccc(C2=CCNC=C2)cc1. The van der Waals surface area contributed by atoms with Crippen molar-refractivity contribution < 1.29 is 0 Å². The first kappa shape index (κ1) is 8.18. The van der Waals surface area contributed by atoms with E-state index in [1.807, 2.05) is 6.20 Å². The first-order chi connectivity index (χ1) is 6.36. The van der Waals surface area contributed by atoms with Crippen LogP contribution in [-0.4, -0.2) is 14.4 Å². The van der Waals surface area contributed by atoms with Crippen LogP contribution in [0.1, 0.15) is 5.56 Å². The van der Waals surface area contributed by atoms with Crippen molar-refractivity contribution in [3.63, 3.8) is 0 Å². The van der Waals surface area contributed by atoms with E-state index in [2.05, 4.69) is 49.6 Å². The Balaban J connectivity index is 2.30. The highest BCUT2D eigenvalue weighted by Crippen LogP contribution is 2.15. The summed E-state index contributed by atoms with van der Waals surface area (Å²) in [5.41, 5.74) is 3.91. The Kier molecular flexibility index (Phi) is 2.22. The zero-order valence-corrected chi connectivity index (χ0v) is 7.75. The van der Waals surface area contributed by atoms with Crippen LogP contribution in [0.5, 0.6) is 0 Å². The van der Waals surface area contributed by atoms with Gasteiger partial charge in [0.2, 0.25) is 0 Å². The third-order valence-electron chi connectivity index (χ3n) is 2.21. The minimum Gasteiger partial charge on any atom is -0.387 e. The minimum absolute atomic E-state index is 0.930. The molecule has 0 aliphatic carbocycles. The summed E-state index contributed by atoms with van der Waals surface area (Å²) < 4.78 is 0. The predicted octanol–water partition coefficient (Wildman–Crippen LogP) is 0.445. The molecule has 0 radical (unpaired) electrons. The summed E-state index contributed by atoms with van der Waals surface area (Å²) in [6.45, 7) is 0.930. The zero-order valence-electron chi connectivity index (χ0n) is 7.75. The predicted molar refractivity (Wildman–Crippen MR) is 59.7 cm³/mol. The standard InChI is InChI=1S/C11H12BN/c12-11-3-1-9(2-4-11)10-5-7-13-8-6-10/h1-7,13H,8,12H2. The largest absolute Gasteiger partial charge is 0.387 e. The Morgan fingerprint density at radius 2 is 1.92 bits per heavy atom. The van der Waals surface area contributed by atoms with Gasteiger partial charge in [0.1, 0.15) is 7.85 Å². The van der Waals surface area contributed by atoms with Crippen molar-refractivity contribution >= 4 is 18.9 Å². The molecule has 1 nitrogen and oxygen atoms in total. The van der Waals surface area contributed by atoms with Gasteiger partial charge in [0.15, 0.2) is 0 Å². The normalized spacial score (nSPS) is 14.9. The van der Waals surface area contributed by atoms with E-state index in [1.54, 1.807) is 0 Å². The molecule has 0 aromatic heterocycles. The maximum atomic E-state index is 3.14. The highest BCUT2D eigenvalue weighted by atomic mass is 14.8. The van der Waals surface area contributed by atoms with Crippen LogP contribution in [0.15, 0.2) is 42.6 Å². The molecule has 0 amide bonds. The molecule has 0 unspecified atom stereocenters. The van der Waals surface area contributed by atoms with Crippen LogP contribution >= 0.6 is 0 Å². The molecular weight excluding hydrogens is 157 g/mol. The van der Waals surface area contributed by atoms with Crippen molar-refractivity contribution in [2.45, 2.75) is 0 Å². The summed E-state index contributed by atoms with van der Waals surface area (Å²) in [4.78, 5) is 0. The highest BCUT2D eigenvalue weighted by Gasteiger charge is 1.99. The Bertz CT molecular complexity index is 349. The van der Waals surface area contributed by atoms with Crippen LogP contribution in [0.4, 0.5) is 0 Å². The van der Waals surface area contributed by atoms with Gasteiger partial charge in [0, 0.05) is 6.54 Å². The first-order valence-electron chi connectivity index (χ1n) is 4.53. The molecule has 1 heterocycles. The summed E-state index contributed by atoms with van der Waals surface area (Å²) in [5.74, 6) is 0. The summed E-state index contributed by atoms with van der Waals surface area (Å²) in [6.07, 6.45) is 6.30. The van der Waals surface area contributed by atoms with E-state index in [1.165, 1.54) is 16.6 Å². The third kappa shape index (κ3) is 1.83. The zero-order chi connectivity index (χ0) is 9.10.